The molecule has 2 N–H and O–H groups in total. The molecule has 1 fully saturated rings. The number of nitrogens with zero attached hydrogens (tertiary/aromatic N) is 1. The van der Waals surface area contributed by atoms with E-state index in [1.54, 1.807) is 30.0 Å². The molecular formula is C13H14N2O2S. The first-order valence-corrected chi connectivity index (χ1v) is 7.10. The Labute approximate surface area is 110 Å². The van der Waals surface area contributed by atoms with Crippen molar-refractivity contribution in [1.82, 2.24) is 4.90 Å². The first kappa shape index (κ1) is 11.6. The Bertz CT molecular complexity index is 552. The maximum absolute atomic E-state index is 12.3. The standard InChI is InChI=1S/C13H14N2O2S/c1-18-13(5-6-13)7-15-11(16)8-3-2-4-9(14)10(8)12(15)17/h2-4H,5-7,14H2,1H3. The number of fused-ring (bicyclic) bond motifs is 1. The van der Waals surface area contributed by atoms with Gasteiger partial charge in [0, 0.05) is 17.0 Å². The smallest absolute Gasteiger partial charge is 0.263 e. The topological polar surface area (TPSA) is 63.4 Å². The second kappa shape index (κ2) is 3.75. The quantitative estimate of drug-likeness (QED) is 0.666. The van der Waals surface area contributed by atoms with Crippen molar-refractivity contribution in [3.63, 3.8) is 0 Å². The highest BCUT2D eigenvalue weighted by atomic mass is 32.2. The van der Waals surface area contributed by atoms with Gasteiger partial charge in [0.05, 0.1) is 11.1 Å². The van der Waals surface area contributed by atoms with Gasteiger partial charge in [-0.1, -0.05) is 6.07 Å². The van der Waals surface area contributed by atoms with E-state index >= 15 is 0 Å². The van der Waals surface area contributed by atoms with Gasteiger partial charge in [-0.3, -0.25) is 14.5 Å². The number of carbonyl (C=O) groups excluding carboxylic acids is 2. The lowest BCUT2D eigenvalue weighted by molar-refractivity contribution is 0.0652. The van der Waals surface area contributed by atoms with Crippen LogP contribution in [0.5, 0.6) is 0 Å². The minimum absolute atomic E-state index is 0.0854. The monoisotopic (exact) mass is 262 g/mol. The SMILES string of the molecule is CSC1(CN2C(=O)c3cccc(N)c3C2=O)CC1. The number of nitrogens with two attached hydrogens (primary N) is 1. The van der Waals surface area contributed by atoms with E-state index in [1.807, 2.05) is 6.26 Å². The molecule has 94 valence electrons. The van der Waals surface area contributed by atoms with Gasteiger partial charge in [0.25, 0.3) is 11.8 Å². The van der Waals surface area contributed by atoms with Gasteiger partial charge < -0.3 is 5.73 Å². The van der Waals surface area contributed by atoms with Crippen LogP contribution in [0.25, 0.3) is 0 Å². The summed E-state index contributed by atoms with van der Waals surface area (Å²) in [6.07, 6.45) is 4.16. The van der Waals surface area contributed by atoms with Gasteiger partial charge in [-0.15, -0.1) is 0 Å². The van der Waals surface area contributed by atoms with Gasteiger partial charge >= 0.3 is 0 Å². The molecule has 0 aromatic heterocycles. The minimum Gasteiger partial charge on any atom is -0.398 e. The number of hydrogen-bond acceptors (Lipinski definition) is 4. The van der Waals surface area contributed by atoms with Crippen molar-refractivity contribution in [1.29, 1.82) is 0 Å². The lowest BCUT2D eigenvalue weighted by Crippen LogP contribution is -2.36. The maximum atomic E-state index is 12.3. The average molecular weight is 262 g/mol. The van der Waals surface area contributed by atoms with Crippen molar-refractivity contribution < 1.29 is 9.59 Å². The number of rotatable bonds is 3. The third-order valence-electron chi connectivity index (χ3n) is 3.72. The molecule has 1 aromatic carbocycles. The second-order valence-electron chi connectivity index (χ2n) is 4.85. The summed E-state index contributed by atoms with van der Waals surface area (Å²) >= 11 is 1.73. The van der Waals surface area contributed by atoms with Crippen LogP contribution in [0.4, 0.5) is 5.69 Å². The van der Waals surface area contributed by atoms with Crippen LogP contribution in [0.1, 0.15) is 33.6 Å². The van der Waals surface area contributed by atoms with Gasteiger partial charge in [-0.2, -0.15) is 11.8 Å². The minimum atomic E-state index is -0.242. The summed E-state index contributed by atoms with van der Waals surface area (Å²) in [4.78, 5) is 25.8. The number of anilines is 1. The van der Waals surface area contributed by atoms with E-state index in [1.165, 1.54) is 4.90 Å². The number of imide groups is 1. The van der Waals surface area contributed by atoms with Crippen molar-refractivity contribution in [2.75, 3.05) is 18.5 Å². The summed E-state index contributed by atoms with van der Waals surface area (Å²) in [7, 11) is 0. The lowest BCUT2D eigenvalue weighted by atomic mass is 10.1. The van der Waals surface area contributed by atoms with E-state index < -0.39 is 0 Å². The highest BCUT2D eigenvalue weighted by Gasteiger charge is 2.48. The molecule has 1 aliphatic carbocycles. The average Bonchev–Trinajstić information content (AvgIpc) is 3.10. The fourth-order valence-corrected chi connectivity index (χ4v) is 3.13. The van der Waals surface area contributed by atoms with E-state index in [0.29, 0.717) is 23.4 Å². The Balaban J connectivity index is 1.95. The summed E-state index contributed by atoms with van der Waals surface area (Å²) in [5, 5.41) is 0. The lowest BCUT2D eigenvalue weighted by Gasteiger charge is -2.20. The van der Waals surface area contributed by atoms with Gasteiger partial charge in [-0.25, -0.2) is 0 Å². The number of thioether (sulfide) groups is 1. The van der Waals surface area contributed by atoms with Crippen molar-refractivity contribution in [2.24, 2.45) is 0 Å². The highest BCUT2D eigenvalue weighted by Crippen LogP contribution is 2.48. The number of carbonyl (C=O) groups is 2. The number of benzene rings is 1. The van der Waals surface area contributed by atoms with Crippen molar-refractivity contribution in [2.45, 2.75) is 17.6 Å². The third-order valence-corrected chi connectivity index (χ3v) is 5.12. The molecule has 1 heterocycles. The molecule has 18 heavy (non-hydrogen) atoms. The molecule has 0 unspecified atom stereocenters. The summed E-state index contributed by atoms with van der Waals surface area (Å²) in [5.41, 5.74) is 7.00. The van der Waals surface area contributed by atoms with Crippen LogP contribution < -0.4 is 5.73 Å². The largest absolute Gasteiger partial charge is 0.398 e. The highest BCUT2D eigenvalue weighted by molar-refractivity contribution is 8.00. The zero-order valence-corrected chi connectivity index (χ0v) is 10.9. The number of nitrogen functional groups attached to an aromatic ring is 1. The zero-order valence-electron chi connectivity index (χ0n) is 10.1. The van der Waals surface area contributed by atoms with Crippen LogP contribution in [0, 0.1) is 0 Å². The zero-order chi connectivity index (χ0) is 12.9. The summed E-state index contributed by atoms with van der Waals surface area (Å²) in [5.74, 6) is -0.448. The van der Waals surface area contributed by atoms with E-state index in [0.717, 1.165) is 12.8 Å². The molecule has 0 radical (unpaired) electrons. The molecule has 2 aliphatic rings. The molecule has 2 amide bonds. The molecule has 4 nitrogen and oxygen atoms in total. The maximum Gasteiger partial charge on any atom is 0.263 e. The van der Waals surface area contributed by atoms with Crippen molar-refractivity contribution in [3.8, 4) is 0 Å². The molecule has 3 rings (SSSR count). The van der Waals surface area contributed by atoms with E-state index in [4.69, 9.17) is 5.73 Å². The Morgan fingerprint density at radius 1 is 1.33 bits per heavy atom. The molecule has 1 aromatic rings. The fourth-order valence-electron chi connectivity index (χ4n) is 2.36. The van der Waals surface area contributed by atoms with Crippen LogP contribution >= 0.6 is 11.8 Å². The third kappa shape index (κ3) is 1.54. The van der Waals surface area contributed by atoms with Crippen LogP contribution in [0.3, 0.4) is 0 Å². The summed E-state index contributed by atoms with van der Waals surface area (Å²) in [6.45, 7) is 0.500. The molecule has 1 aliphatic heterocycles. The van der Waals surface area contributed by atoms with Crippen LogP contribution in [-0.4, -0.2) is 34.3 Å². The Morgan fingerprint density at radius 2 is 2.06 bits per heavy atom. The number of hydrogen-bond donors (Lipinski definition) is 1. The molecular weight excluding hydrogens is 248 g/mol. The Morgan fingerprint density at radius 3 is 2.61 bits per heavy atom. The molecule has 0 spiro atoms. The van der Waals surface area contributed by atoms with Crippen LogP contribution in [0.15, 0.2) is 18.2 Å². The van der Waals surface area contributed by atoms with Gasteiger partial charge in [0.2, 0.25) is 0 Å². The Hall–Kier alpha value is -1.49. The van der Waals surface area contributed by atoms with Gasteiger partial charge in [0.15, 0.2) is 0 Å². The van der Waals surface area contributed by atoms with Crippen molar-refractivity contribution >= 4 is 29.3 Å². The predicted molar refractivity (Wildman–Crippen MR) is 71.7 cm³/mol. The van der Waals surface area contributed by atoms with E-state index in [-0.39, 0.29) is 16.6 Å². The normalized spacial score (nSPS) is 20.2. The second-order valence-corrected chi connectivity index (χ2v) is 6.13. The van der Waals surface area contributed by atoms with Crippen molar-refractivity contribution in [3.05, 3.63) is 29.3 Å². The molecule has 5 heteroatoms. The first-order chi connectivity index (χ1) is 8.58. The van der Waals surface area contributed by atoms with Gasteiger partial charge in [0.1, 0.15) is 0 Å². The first-order valence-electron chi connectivity index (χ1n) is 5.88. The van der Waals surface area contributed by atoms with E-state index in [2.05, 4.69) is 0 Å². The predicted octanol–water partition coefficient (Wildman–Crippen LogP) is 1.76. The molecule has 1 saturated carbocycles. The van der Waals surface area contributed by atoms with Crippen LogP contribution in [0.2, 0.25) is 0 Å². The van der Waals surface area contributed by atoms with Gasteiger partial charge in [-0.05, 0) is 31.2 Å². The number of amides is 2. The molecule has 0 atom stereocenters. The molecule has 0 saturated heterocycles. The summed E-state index contributed by atoms with van der Waals surface area (Å²) in [6, 6.07) is 5.05. The molecule has 0 bridgehead atoms. The van der Waals surface area contributed by atoms with E-state index in [9.17, 15) is 9.59 Å². The summed E-state index contributed by atoms with van der Waals surface area (Å²) < 4.78 is 0.0854. The Kier molecular flexibility index (Phi) is 2.41. The van der Waals surface area contributed by atoms with Crippen LogP contribution in [-0.2, 0) is 0 Å². The fraction of sp³-hybridized carbons (Fsp3) is 0.385.